The minimum absolute atomic E-state index is 0.200. The summed E-state index contributed by atoms with van der Waals surface area (Å²) in [6.07, 6.45) is 9.06. The number of hydrogen-bond donors (Lipinski definition) is 2. The largest absolute Gasteiger partial charge is 0.338 e. The highest BCUT2D eigenvalue weighted by Gasteiger charge is 2.38. The zero-order chi connectivity index (χ0) is 13.2. The van der Waals surface area contributed by atoms with Gasteiger partial charge >= 0.3 is 0 Å². The van der Waals surface area contributed by atoms with Crippen LogP contribution in [0.15, 0.2) is 0 Å². The van der Waals surface area contributed by atoms with Crippen LogP contribution in [0.1, 0.15) is 51.4 Å². The number of rotatable bonds is 4. The molecule has 2 aliphatic carbocycles. The first-order valence-corrected chi connectivity index (χ1v) is 8.03. The average Bonchev–Trinajstić information content (AvgIpc) is 3.12. The molecule has 2 saturated carbocycles. The maximum absolute atomic E-state index is 12.8. The summed E-state index contributed by atoms with van der Waals surface area (Å²) in [4.78, 5) is 14.9. The second-order valence-corrected chi connectivity index (χ2v) is 6.64. The summed E-state index contributed by atoms with van der Waals surface area (Å²) in [6.45, 7) is 2.04. The maximum atomic E-state index is 12.8. The molecule has 0 aromatic rings. The molecule has 1 aliphatic heterocycles. The van der Waals surface area contributed by atoms with Gasteiger partial charge in [-0.15, -0.1) is 0 Å². The lowest BCUT2D eigenvalue weighted by Crippen LogP contribution is -2.46. The van der Waals surface area contributed by atoms with Gasteiger partial charge in [0.05, 0.1) is 0 Å². The van der Waals surface area contributed by atoms with Gasteiger partial charge in [-0.05, 0) is 51.5 Å². The van der Waals surface area contributed by atoms with E-state index in [1.165, 1.54) is 25.7 Å². The van der Waals surface area contributed by atoms with Gasteiger partial charge in [-0.25, -0.2) is 0 Å². The van der Waals surface area contributed by atoms with Crippen LogP contribution in [0.25, 0.3) is 0 Å². The first kappa shape index (κ1) is 13.4. The van der Waals surface area contributed by atoms with Crippen molar-refractivity contribution in [3.8, 4) is 0 Å². The molecule has 3 atom stereocenters. The van der Waals surface area contributed by atoms with E-state index >= 15 is 0 Å². The Bertz CT molecular complexity index is 323. The predicted molar refractivity (Wildman–Crippen MR) is 75.7 cm³/mol. The fourth-order valence-corrected chi connectivity index (χ4v) is 3.64. The molecule has 0 aromatic carbocycles. The molecule has 0 radical (unpaired) electrons. The van der Waals surface area contributed by atoms with Crippen LogP contribution in [0, 0.1) is 5.92 Å². The fourth-order valence-electron chi connectivity index (χ4n) is 3.64. The molecule has 1 saturated heterocycles. The van der Waals surface area contributed by atoms with Crippen molar-refractivity contribution in [1.82, 2.24) is 10.2 Å². The van der Waals surface area contributed by atoms with E-state index in [1.54, 1.807) is 0 Å². The van der Waals surface area contributed by atoms with Crippen molar-refractivity contribution in [1.29, 1.82) is 0 Å². The molecule has 0 bridgehead atoms. The van der Waals surface area contributed by atoms with Crippen molar-refractivity contribution in [2.24, 2.45) is 11.7 Å². The smallest absolute Gasteiger partial charge is 0.226 e. The summed E-state index contributed by atoms with van der Waals surface area (Å²) in [5, 5.41) is 3.52. The highest BCUT2D eigenvalue weighted by molar-refractivity contribution is 5.79. The molecule has 4 nitrogen and oxygen atoms in total. The Morgan fingerprint density at radius 2 is 2.00 bits per heavy atom. The quantitative estimate of drug-likeness (QED) is 0.804. The number of carbonyl (C=O) groups is 1. The highest BCUT2D eigenvalue weighted by atomic mass is 16.2. The molecule has 3 rings (SSSR count). The van der Waals surface area contributed by atoms with Crippen LogP contribution >= 0.6 is 0 Å². The molecule has 1 amide bonds. The molecule has 3 aliphatic rings. The van der Waals surface area contributed by atoms with Crippen molar-refractivity contribution in [2.75, 3.05) is 13.1 Å². The molecule has 4 heteroatoms. The van der Waals surface area contributed by atoms with Gasteiger partial charge < -0.3 is 16.0 Å². The zero-order valence-electron chi connectivity index (χ0n) is 11.8. The molecular formula is C15H27N3O. The van der Waals surface area contributed by atoms with Gasteiger partial charge in [-0.3, -0.25) is 4.79 Å². The Balaban J connectivity index is 1.60. The zero-order valence-corrected chi connectivity index (χ0v) is 11.8. The summed E-state index contributed by atoms with van der Waals surface area (Å²) >= 11 is 0. The minimum atomic E-state index is 0.200. The Morgan fingerprint density at radius 3 is 2.63 bits per heavy atom. The lowest BCUT2D eigenvalue weighted by atomic mass is 9.85. The molecular weight excluding hydrogens is 238 g/mol. The van der Waals surface area contributed by atoms with Crippen LogP contribution in [0.5, 0.6) is 0 Å². The predicted octanol–water partition coefficient (Wildman–Crippen LogP) is 1.25. The Kier molecular flexibility index (Phi) is 4.08. The normalized spacial score (nSPS) is 35.3. The van der Waals surface area contributed by atoms with E-state index in [2.05, 4.69) is 10.2 Å². The van der Waals surface area contributed by atoms with Crippen molar-refractivity contribution in [3.05, 3.63) is 0 Å². The van der Waals surface area contributed by atoms with Crippen LogP contribution < -0.4 is 11.1 Å². The molecule has 3 N–H and O–H groups in total. The van der Waals surface area contributed by atoms with Crippen molar-refractivity contribution >= 4 is 5.91 Å². The van der Waals surface area contributed by atoms with E-state index in [4.69, 9.17) is 5.73 Å². The topological polar surface area (TPSA) is 58.4 Å². The summed E-state index contributed by atoms with van der Waals surface area (Å²) in [7, 11) is 0. The van der Waals surface area contributed by atoms with Crippen LogP contribution in [-0.4, -0.2) is 42.0 Å². The number of nitrogens with one attached hydrogen (secondary N) is 1. The number of amides is 1. The molecule has 0 unspecified atom stereocenters. The van der Waals surface area contributed by atoms with Crippen LogP contribution in [0.2, 0.25) is 0 Å². The monoisotopic (exact) mass is 265 g/mol. The van der Waals surface area contributed by atoms with E-state index < -0.39 is 0 Å². The van der Waals surface area contributed by atoms with Gasteiger partial charge in [0.15, 0.2) is 0 Å². The summed E-state index contributed by atoms with van der Waals surface area (Å²) in [5.41, 5.74) is 6.04. The molecule has 108 valence electrons. The summed E-state index contributed by atoms with van der Waals surface area (Å²) < 4.78 is 0. The van der Waals surface area contributed by atoms with Crippen LogP contribution in [0.4, 0.5) is 0 Å². The third-order valence-electron chi connectivity index (χ3n) is 4.91. The van der Waals surface area contributed by atoms with Crippen LogP contribution in [-0.2, 0) is 4.79 Å². The molecule has 3 fully saturated rings. The molecule has 1 heterocycles. The second-order valence-electron chi connectivity index (χ2n) is 6.64. The van der Waals surface area contributed by atoms with E-state index in [9.17, 15) is 4.79 Å². The van der Waals surface area contributed by atoms with Crippen LogP contribution in [0.3, 0.4) is 0 Å². The Hall–Kier alpha value is -0.610. The average molecular weight is 265 g/mol. The number of nitrogens with two attached hydrogens (primary N) is 1. The Morgan fingerprint density at radius 1 is 1.16 bits per heavy atom. The minimum Gasteiger partial charge on any atom is -0.338 e. The van der Waals surface area contributed by atoms with Gasteiger partial charge in [-0.2, -0.15) is 0 Å². The van der Waals surface area contributed by atoms with Gasteiger partial charge in [0.2, 0.25) is 5.91 Å². The third kappa shape index (κ3) is 3.29. The maximum Gasteiger partial charge on any atom is 0.226 e. The highest BCUT2D eigenvalue weighted by Crippen LogP contribution is 2.32. The number of carbonyl (C=O) groups excluding carboxylic acids is 1. The van der Waals surface area contributed by atoms with E-state index in [-0.39, 0.29) is 12.0 Å². The van der Waals surface area contributed by atoms with Gasteiger partial charge in [0.1, 0.15) is 0 Å². The summed E-state index contributed by atoms with van der Waals surface area (Å²) in [6, 6.07) is 1.31. The van der Waals surface area contributed by atoms with Crippen molar-refractivity contribution < 1.29 is 4.79 Å². The van der Waals surface area contributed by atoms with Gasteiger partial charge in [0, 0.05) is 30.6 Å². The first-order valence-electron chi connectivity index (χ1n) is 8.03. The van der Waals surface area contributed by atoms with E-state index in [0.717, 1.165) is 38.8 Å². The standard InChI is InChI=1S/C15H27N3O/c16-12-4-1-3-11(9-12)15(19)18(14-6-7-14)10-13-5-2-8-17-13/h11-14,17H,1-10,16H2/t11-,12-,13+/m1/s1. The van der Waals surface area contributed by atoms with E-state index in [1.807, 2.05) is 0 Å². The summed E-state index contributed by atoms with van der Waals surface area (Å²) in [5.74, 6) is 0.595. The molecule has 19 heavy (non-hydrogen) atoms. The lowest BCUT2D eigenvalue weighted by molar-refractivity contribution is -0.137. The molecule has 0 aromatic heterocycles. The third-order valence-corrected chi connectivity index (χ3v) is 4.91. The SMILES string of the molecule is N[C@@H]1CCC[C@@H](C(=O)N(C[C@@H]2CCCN2)C2CC2)C1. The van der Waals surface area contributed by atoms with Crippen molar-refractivity contribution in [3.63, 3.8) is 0 Å². The van der Waals surface area contributed by atoms with Crippen molar-refractivity contribution in [2.45, 2.75) is 69.5 Å². The first-order chi connectivity index (χ1) is 9.24. The Labute approximate surface area is 116 Å². The number of hydrogen-bond acceptors (Lipinski definition) is 3. The fraction of sp³-hybridized carbons (Fsp3) is 0.933. The van der Waals surface area contributed by atoms with Gasteiger partial charge in [-0.1, -0.05) is 6.42 Å². The molecule has 0 spiro atoms. The lowest BCUT2D eigenvalue weighted by Gasteiger charge is -2.33. The van der Waals surface area contributed by atoms with Gasteiger partial charge in [0.25, 0.3) is 0 Å². The number of nitrogens with zero attached hydrogens (tertiary/aromatic N) is 1. The second kappa shape index (κ2) is 5.80. The van der Waals surface area contributed by atoms with E-state index in [0.29, 0.717) is 18.0 Å².